The standard InChI is InChI=1S/C66H41N5/c1-5-20-42(21-6-1)57-40-60-62(61-55-30-15-16-37-59(55)67-41-58(57)61)56-36-19-35-53(63(56)71(60)45-26-11-4-12-27-45)50-34-18-31-47-48(50)32-17-33-49(47)52-38-39-54(51-29-14-13-28-46(51)52)66-69-64(43-22-7-2-8-23-43)68-65(70-66)44-24-9-3-10-25-44/h1-41H. The van der Waals surface area contributed by atoms with E-state index in [0.29, 0.717) is 17.5 Å². The molecule has 0 bridgehead atoms. The van der Waals surface area contributed by atoms with Crippen molar-refractivity contribution in [2.75, 3.05) is 0 Å². The molecule has 0 aliphatic rings. The molecule has 0 unspecified atom stereocenters. The number of rotatable bonds is 7. The van der Waals surface area contributed by atoms with Crippen LogP contribution in [0.3, 0.4) is 0 Å². The maximum absolute atomic E-state index is 5.14. The molecule has 71 heavy (non-hydrogen) atoms. The van der Waals surface area contributed by atoms with E-state index < -0.39 is 0 Å². The number of aromatic nitrogens is 5. The van der Waals surface area contributed by atoms with E-state index in [1.54, 1.807) is 0 Å². The van der Waals surface area contributed by atoms with Crippen molar-refractivity contribution in [1.82, 2.24) is 24.5 Å². The first kappa shape index (κ1) is 40.5. The summed E-state index contributed by atoms with van der Waals surface area (Å²) in [6.45, 7) is 0. The minimum absolute atomic E-state index is 0.635. The van der Waals surface area contributed by atoms with Crippen molar-refractivity contribution in [3.8, 4) is 73.2 Å². The van der Waals surface area contributed by atoms with Crippen molar-refractivity contribution in [1.29, 1.82) is 0 Å². The molecular formula is C66H41N5. The van der Waals surface area contributed by atoms with Crippen LogP contribution in [-0.4, -0.2) is 24.5 Å². The number of hydrogen-bond acceptors (Lipinski definition) is 4. The second kappa shape index (κ2) is 16.6. The van der Waals surface area contributed by atoms with Crippen LogP contribution in [0.1, 0.15) is 0 Å². The molecule has 3 aromatic heterocycles. The molecule has 0 saturated carbocycles. The number of para-hydroxylation sites is 3. The SMILES string of the molecule is c1ccc(-c2nc(-c3ccccc3)nc(-c3ccc(-c4cccc5c(-c6cccc7c8c9c(cnc%10ccccc%109)c(-c9ccccc9)cc8n(-c8ccccc8)c67)cccc45)c4ccccc34)n2)cc1. The van der Waals surface area contributed by atoms with Gasteiger partial charge in [0.15, 0.2) is 17.5 Å². The van der Waals surface area contributed by atoms with Crippen molar-refractivity contribution in [2.24, 2.45) is 0 Å². The number of fused-ring (bicyclic) bond motifs is 9. The van der Waals surface area contributed by atoms with Gasteiger partial charge in [0.2, 0.25) is 0 Å². The summed E-state index contributed by atoms with van der Waals surface area (Å²) >= 11 is 0. The summed E-state index contributed by atoms with van der Waals surface area (Å²) in [5.41, 5.74) is 14.2. The minimum atomic E-state index is 0.635. The third-order valence-electron chi connectivity index (χ3n) is 14.1. The summed E-state index contributed by atoms with van der Waals surface area (Å²) < 4.78 is 2.49. The van der Waals surface area contributed by atoms with Gasteiger partial charge in [0, 0.05) is 61.1 Å². The van der Waals surface area contributed by atoms with Crippen LogP contribution in [0.4, 0.5) is 0 Å². The lowest BCUT2D eigenvalue weighted by molar-refractivity contribution is 1.08. The fraction of sp³-hybridized carbons (Fsp3) is 0. The van der Waals surface area contributed by atoms with Crippen LogP contribution < -0.4 is 0 Å². The van der Waals surface area contributed by atoms with E-state index in [4.69, 9.17) is 19.9 Å². The van der Waals surface area contributed by atoms with E-state index in [1.807, 2.05) is 36.4 Å². The summed E-state index contributed by atoms with van der Waals surface area (Å²) in [6.07, 6.45) is 2.07. The lowest BCUT2D eigenvalue weighted by atomic mass is 9.89. The van der Waals surface area contributed by atoms with Gasteiger partial charge < -0.3 is 4.57 Å². The Morgan fingerprint density at radius 3 is 1.37 bits per heavy atom. The van der Waals surface area contributed by atoms with Crippen LogP contribution in [0.15, 0.2) is 249 Å². The molecule has 3 heterocycles. The lowest BCUT2D eigenvalue weighted by Crippen LogP contribution is -2.00. The maximum atomic E-state index is 5.14. The molecule has 0 amide bonds. The van der Waals surface area contributed by atoms with Gasteiger partial charge in [0.25, 0.3) is 0 Å². The van der Waals surface area contributed by atoms with Gasteiger partial charge in [0.1, 0.15) is 0 Å². The van der Waals surface area contributed by atoms with E-state index in [1.165, 1.54) is 32.5 Å². The van der Waals surface area contributed by atoms with Gasteiger partial charge in [-0.2, -0.15) is 0 Å². The fourth-order valence-electron chi connectivity index (χ4n) is 10.9. The molecule has 0 saturated heterocycles. The molecule has 5 nitrogen and oxygen atoms in total. The van der Waals surface area contributed by atoms with E-state index >= 15 is 0 Å². The van der Waals surface area contributed by atoms with Crippen LogP contribution in [0.2, 0.25) is 0 Å². The second-order valence-electron chi connectivity index (χ2n) is 18.1. The Labute approximate surface area is 409 Å². The highest BCUT2D eigenvalue weighted by atomic mass is 15.0. The summed E-state index contributed by atoms with van der Waals surface area (Å²) in [4.78, 5) is 20.3. The minimum Gasteiger partial charge on any atom is -0.309 e. The van der Waals surface area contributed by atoms with Crippen LogP contribution in [0, 0.1) is 0 Å². The van der Waals surface area contributed by atoms with Crippen molar-refractivity contribution >= 4 is 65.0 Å². The predicted molar refractivity (Wildman–Crippen MR) is 295 cm³/mol. The average molecular weight is 904 g/mol. The first-order valence-corrected chi connectivity index (χ1v) is 24.1. The highest BCUT2D eigenvalue weighted by molar-refractivity contribution is 6.31. The van der Waals surface area contributed by atoms with E-state index in [0.717, 1.165) is 88.3 Å². The van der Waals surface area contributed by atoms with Gasteiger partial charge >= 0.3 is 0 Å². The van der Waals surface area contributed by atoms with E-state index in [-0.39, 0.29) is 0 Å². The molecule has 14 aromatic rings. The molecule has 0 radical (unpaired) electrons. The Morgan fingerprint density at radius 1 is 0.282 bits per heavy atom. The molecule has 0 aliphatic carbocycles. The Balaban J connectivity index is 1.00. The topological polar surface area (TPSA) is 56.5 Å². The predicted octanol–water partition coefficient (Wildman–Crippen LogP) is 17.0. The quantitative estimate of drug-likeness (QED) is 0.150. The van der Waals surface area contributed by atoms with Crippen molar-refractivity contribution in [3.63, 3.8) is 0 Å². The molecule has 14 rings (SSSR count). The van der Waals surface area contributed by atoms with Crippen molar-refractivity contribution in [2.45, 2.75) is 0 Å². The number of benzene rings is 11. The number of pyridine rings is 1. The normalized spacial score (nSPS) is 11.7. The lowest BCUT2D eigenvalue weighted by Gasteiger charge is -2.16. The smallest absolute Gasteiger partial charge is 0.164 e. The van der Waals surface area contributed by atoms with Crippen molar-refractivity contribution in [3.05, 3.63) is 249 Å². The van der Waals surface area contributed by atoms with Crippen molar-refractivity contribution < 1.29 is 0 Å². The Bertz CT molecular complexity index is 4320. The highest BCUT2D eigenvalue weighted by Gasteiger charge is 2.24. The van der Waals surface area contributed by atoms with E-state index in [2.05, 4.69) is 217 Å². The number of nitrogens with zero attached hydrogens (tertiary/aromatic N) is 5. The number of hydrogen-bond donors (Lipinski definition) is 0. The largest absolute Gasteiger partial charge is 0.309 e. The van der Waals surface area contributed by atoms with Gasteiger partial charge in [-0.3, -0.25) is 4.98 Å². The molecule has 0 aliphatic heterocycles. The van der Waals surface area contributed by atoms with Crippen LogP contribution in [-0.2, 0) is 0 Å². The summed E-state index contributed by atoms with van der Waals surface area (Å²) in [5, 5.41) is 10.5. The zero-order valence-corrected chi connectivity index (χ0v) is 38.4. The molecule has 11 aromatic carbocycles. The first-order chi connectivity index (χ1) is 35.2. The van der Waals surface area contributed by atoms with E-state index in [9.17, 15) is 0 Å². The Hall–Kier alpha value is -9.58. The Kier molecular flexibility index (Phi) is 9.46. The monoisotopic (exact) mass is 903 g/mol. The summed E-state index contributed by atoms with van der Waals surface area (Å²) in [6, 6.07) is 86.3. The zero-order chi connectivity index (χ0) is 46.8. The van der Waals surface area contributed by atoms with Crippen LogP contribution in [0.25, 0.3) is 138 Å². The molecular weight excluding hydrogens is 863 g/mol. The summed E-state index contributed by atoms with van der Waals surface area (Å²) in [7, 11) is 0. The molecule has 0 atom stereocenters. The van der Waals surface area contributed by atoms with Gasteiger partial charge in [0.05, 0.1) is 16.6 Å². The average Bonchev–Trinajstić information content (AvgIpc) is 3.80. The third kappa shape index (κ3) is 6.63. The van der Waals surface area contributed by atoms with Gasteiger partial charge in [-0.1, -0.05) is 212 Å². The van der Waals surface area contributed by atoms with Gasteiger partial charge in [-0.05, 0) is 79.7 Å². The van der Waals surface area contributed by atoms with Crippen LogP contribution >= 0.6 is 0 Å². The molecule has 0 N–H and O–H groups in total. The summed E-state index contributed by atoms with van der Waals surface area (Å²) in [5.74, 6) is 1.91. The molecule has 5 heteroatoms. The van der Waals surface area contributed by atoms with Gasteiger partial charge in [-0.15, -0.1) is 0 Å². The maximum Gasteiger partial charge on any atom is 0.164 e. The van der Waals surface area contributed by atoms with Gasteiger partial charge in [-0.25, -0.2) is 15.0 Å². The first-order valence-electron chi connectivity index (χ1n) is 24.1. The molecule has 0 spiro atoms. The van der Waals surface area contributed by atoms with Crippen LogP contribution in [0.5, 0.6) is 0 Å². The third-order valence-corrected chi connectivity index (χ3v) is 14.1. The fourth-order valence-corrected chi connectivity index (χ4v) is 10.9. The molecule has 330 valence electrons. The zero-order valence-electron chi connectivity index (χ0n) is 38.4. The Morgan fingerprint density at radius 2 is 0.732 bits per heavy atom. The highest BCUT2D eigenvalue weighted by Crippen LogP contribution is 2.47. The molecule has 0 fully saturated rings. The second-order valence-corrected chi connectivity index (χ2v) is 18.1.